The van der Waals surface area contributed by atoms with Crippen LogP contribution in [0, 0.1) is 0 Å². The van der Waals surface area contributed by atoms with E-state index in [1.165, 1.54) is 6.39 Å². The molecule has 1 N–H and O–H groups in total. The fourth-order valence-corrected chi connectivity index (χ4v) is 0.751. The van der Waals surface area contributed by atoms with Gasteiger partial charge in [0, 0.05) is 0 Å². The molecule has 1 aliphatic rings. The summed E-state index contributed by atoms with van der Waals surface area (Å²) in [6.45, 7) is 0. The van der Waals surface area contributed by atoms with Crippen LogP contribution < -0.4 is 10.3 Å². The molecule has 0 aromatic carbocycles. The second-order valence-corrected chi connectivity index (χ2v) is 1.89. The summed E-state index contributed by atoms with van der Waals surface area (Å²) in [5, 5.41) is 0. The maximum absolute atomic E-state index is 10.6. The van der Waals surface area contributed by atoms with E-state index < -0.39 is 0 Å². The fraction of sp³-hybridized carbons (Fsp3) is 0.200. The van der Waals surface area contributed by atoms with Crippen molar-refractivity contribution in [2.24, 2.45) is 0 Å². The highest BCUT2D eigenvalue weighted by Crippen LogP contribution is 2.18. The summed E-state index contributed by atoms with van der Waals surface area (Å²) in [6.07, 6.45) is 1.47. The molecule has 0 saturated carbocycles. The highest BCUT2D eigenvalue weighted by atomic mass is 16.7. The molecule has 0 atom stereocenters. The Morgan fingerprint density at radius 1 is 1.70 bits per heavy atom. The fourth-order valence-electron chi connectivity index (χ4n) is 0.751. The van der Waals surface area contributed by atoms with Gasteiger partial charge in [0.05, 0.1) is 6.42 Å². The minimum atomic E-state index is -0.207. The van der Waals surface area contributed by atoms with E-state index in [4.69, 9.17) is 4.42 Å². The Kier molecular flexibility index (Phi) is 0.913. The number of hydrogen-bond donors (Lipinski definition) is 1. The Morgan fingerprint density at radius 3 is 3.50 bits per heavy atom. The maximum atomic E-state index is 10.6. The third kappa shape index (κ3) is 0.637. The zero-order valence-electron chi connectivity index (χ0n) is 4.96. The Hall–Kier alpha value is -1.52. The van der Waals surface area contributed by atoms with Crippen molar-refractivity contribution < 1.29 is 14.0 Å². The van der Waals surface area contributed by atoms with E-state index in [1.807, 2.05) is 0 Å². The van der Waals surface area contributed by atoms with Crippen molar-refractivity contribution in [2.45, 2.75) is 6.42 Å². The Bertz CT molecular complexity index is 268. The number of aromatic nitrogens is 1. The average Bonchev–Trinajstić information content (AvgIpc) is 2.33. The minimum absolute atomic E-state index is 0.207. The molecule has 10 heavy (non-hydrogen) atoms. The van der Waals surface area contributed by atoms with Gasteiger partial charge in [-0.05, 0) is 0 Å². The summed E-state index contributed by atoms with van der Waals surface area (Å²) < 4.78 is 4.76. The van der Waals surface area contributed by atoms with Gasteiger partial charge in [-0.25, -0.2) is 4.98 Å². The van der Waals surface area contributed by atoms with E-state index in [1.54, 1.807) is 0 Å². The standard InChI is InChI=1S/C5H4N2O3/c8-4-1-3-5(10-7-4)9-2-6-3/h2H,1H2,(H,7,8). The first-order valence-corrected chi connectivity index (χ1v) is 2.74. The van der Waals surface area contributed by atoms with Crippen molar-refractivity contribution in [3.05, 3.63) is 12.1 Å². The molecule has 1 amide bonds. The highest BCUT2D eigenvalue weighted by Gasteiger charge is 2.20. The summed E-state index contributed by atoms with van der Waals surface area (Å²) in [6, 6.07) is 0. The number of rotatable bonds is 0. The van der Waals surface area contributed by atoms with Crippen LogP contribution in [0.5, 0.6) is 5.95 Å². The van der Waals surface area contributed by atoms with Gasteiger partial charge in [-0.2, -0.15) is 5.48 Å². The van der Waals surface area contributed by atoms with Crippen LogP contribution in [-0.2, 0) is 11.2 Å². The molecule has 0 unspecified atom stereocenters. The molecule has 0 bridgehead atoms. The van der Waals surface area contributed by atoms with Crippen molar-refractivity contribution in [1.82, 2.24) is 10.5 Å². The highest BCUT2D eigenvalue weighted by molar-refractivity contribution is 5.78. The van der Waals surface area contributed by atoms with E-state index in [0.29, 0.717) is 5.69 Å². The van der Waals surface area contributed by atoms with Gasteiger partial charge in [0.1, 0.15) is 5.69 Å². The molecule has 0 spiro atoms. The zero-order chi connectivity index (χ0) is 6.97. The lowest BCUT2D eigenvalue weighted by atomic mass is 10.3. The third-order valence-electron chi connectivity index (χ3n) is 1.19. The van der Waals surface area contributed by atoms with E-state index in [2.05, 4.69) is 15.3 Å². The molecule has 1 aliphatic heterocycles. The minimum Gasteiger partial charge on any atom is -0.411 e. The molecule has 1 aromatic rings. The predicted octanol–water partition coefficient (Wildman–Crippen LogP) is -0.359. The molecule has 0 fully saturated rings. The molecule has 52 valence electrons. The van der Waals surface area contributed by atoms with Crippen molar-refractivity contribution in [1.29, 1.82) is 0 Å². The van der Waals surface area contributed by atoms with Crippen LogP contribution in [0.4, 0.5) is 0 Å². The number of fused-ring (bicyclic) bond motifs is 1. The van der Waals surface area contributed by atoms with E-state index in [9.17, 15) is 4.79 Å². The van der Waals surface area contributed by atoms with Crippen LogP contribution in [0.3, 0.4) is 0 Å². The number of carbonyl (C=O) groups excluding carboxylic acids is 1. The topological polar surface area (TPSA) is 64.4 Å². The van der Waals surface area contributed by atoms with Gasteiger partial charge < -0.3 is 9.25 Å². The monoisotopic (exact) mass is 140 g/mol. The molecule has 2 rings (SSSR count). The predicted molar refractivity (Wildman–Crippen MR) is 29.0 cm³/mol. The van der Waals surface area contributed by atoms with Gasteiger partial charge in [0.25, 0.3) is 5.91 Å². The molecule has 0 radical (unpaired) electrons. The van der Waals surface area contributed by atoms with Crippen LogP contribution in [0.15, 0.2) is 10.8 Å². The molecular weight excluding hydrogens is 136 g/mol. The first-order valence-electron chi connectivity index (χ1n) is 2.74. The summed E-state index contributed by atoms with van der Waals surface area (Å²) in [5.74, 6) is 0.0704. The lowest BCUT2D eigenvalue weighted by Crippen LogP contribution is -2.32. The molecule has 0 aliphatic carbocycles. The largest absolute Gasteiger partial charge is 0.411 e. The van der Waals surface area contributed by atoms with Gasteiger partial charge in [0.15, 0.2) is 6.39 Å². The van der Waals surface area contributed by atoms with Gasteiger partial charge in [-0.15, -0.1) is 0 Å². The van der Waals surface area contributed by atoms with Crippen LogP contribution in [0.25, 0.3) is 0 Å². The maximum Gasteiger partial charge on any atom is 0.335 e. The Balaban J connectivity index is 2.39. The van der Waals surface area contributed by atoms with Crippen LogP contribution in [-0.4, -0.2) is 10.9 Å². The molecular formula is C5H4N2O3. The van der Waals surface area contributed by atoms with Crippen molar-refractivity contribution in [3.8, 4) is 5.95 Å². The first-order chi connectivity index (χ1) is 4.86. The van der Waals surface area contributed by atoms with Gasteiger partial charge in [-0.1, -0.05) is 0 Å². The first kappa shape index (κ1) is 5.28. The normalized spacial score (nSPS) is 15.4. The molecule has 5 nitrogen and oxygen atoms in total. The summed E-state index contributed by atoms with van der Waals surface area (Å²) in [5.41, 5.74) is 2.70. The number of hydroxylamine groups is 1. The van der Waals surface area contributed by atoms with E-state index >= 15 is 0 Å². The number of nitrogens with one attached hydrogen (secondary N) is 1. The second-order valence-electron chi connectivity index (χ2n) is 1.89. The number of amides is 1. The molecule has 1 aromatic heterocycles. The van der Waals surface area contributed by atoms with Crippen LogP contribution >= 0.6 is 0 Å². The van der Waals surface area contributed by atoms with E-state index in [0.717, 1.165) is 0 Å². The second kappa shape index (κ2) is 1.73. The number of nitrogens with zero attached hydrogens (tertiary/aromatic N) is 1. The van der Waals surface area contributed by atoms with Gasteiger partial charge in [0.2, 0.25) is 0 Å². The van der Waals surface area contributed by atoms with Crippen LogP contribution in [0.1, 0.15) is 5.69 Å². The molecule has 2 heterocycles. The van der Waals surface area contributed by atoms with E-state index in [-0.39, 0.29) is 18.3 Å². The quantitative estimate of drug-likeness (QED) is 0.534. The average molecular weight is 140 g/mol. The summed E-state index contributed by atoms with van der Waals surface area (Å²) in [4.78, 5) is 19.0. The number of hydrogen-bond acceptors (Lipinski definition) is 4. The smallest absolute Gasteiger partial charge is 0.335 e. The lowest BCUT2D eigenvalue weighted by molar-refractivity contribution is -0.129. The SMILES string of the molecule is O=C1Cc2ncoc2ON1. The Labute approximate surface area is 55.9 Å². The van der Waals surface area contributed by atoms with Crippen LogP contribution in [0.2, 0.25) is 0 Å². The number of carbonyl (C=O) groups is 1. The Morgan fingerprint density at radius 2 is 2.60 bits per heavy atom. The van der Waals surface area contributed by atoms with Gasteiger partial charge >= 0.3 is 5.95 Å². The molecule has 0 saturated heterocycles. The van der Waals surface area contributed by atoms with Crippen molar-refractivity contribution in [3.63, 3.8) is 0 Å². The zero-order valence-corrected chi connectivity index (χ0v) is 4.96. The molecule has 5 heteroatoms. The number of oxazole rings is 1. The lowest BCUT2D eigenvalue weighted by Gasteiger charge is -2.08. The third-order valence-corrected chi connectivity index (χ3v) is 1.19. The summed E-state index contributed by atoms with van der Waals surface area (Å²) >= 11 is 0. The van der Waals surface area contributed by atoms with Gasteiger partial charge in [-0.3, -0.25) is 4.79 Å². The van der Waals surface area contributed by atoms with Crippen molar-refractivity contribution >= 4 is 5.91 Å². The van der Waals surface area contributed by atoms with Crippen molar-refractivity contribution in [2.75, 3.05) is 0 Å². The summed E-state index contributed by atoms with van der Waals surface area (Å²) in [7, 11) is 0.